The first-order valence-electron chi connectivity index (χ1n) is 20.8. The zero-order chi connectivity index (χ0) is 43.5. The van der Waals surface area contributed by atoms with Gasteiger partial charge >= 0.3 is 0 Å². The lowest BCUT2D eigenvalue weighted by atomic mass is 9.93. The smallest absolute Gasteiger partial charge is 0.211 e. The monoisotopic (exact) mass is 874 g/mol. The molecular weight excluding hydrogens is 825 g/mol. The number of aryl methyl sites for hydroxylation is 6. The second kappa shape index (κ2) is 18.4. The molecule has 0 unspecified atom stereocenters. The van der Waals surface area contributed by atoms with E-state index in [4.69, 9.17) is 4.42 Å². The van der Waals surface area contributed by atoms with Crippen molar-refractivity contribution in [3.05, 3.63) is 184 Å². The largest absolute Gasteiger partial charge is 0.744 e. The number of thioether (sulfide) groups is 2. The van der Waals surface area contributed by atoms with Crippen molar-refractivity contribution in [2.45, 2.75) is 56.2 Å². The molecule has 2 aliphatic rings. The van der Waals surface area contributed by atoms with E-state index in [9.17, 15) is 13.0 Å². The summed E-state index contributed by atoms with van der Waals surface area (Å²) in [7, 11) is -4.83. The Balaban J connectivity index is 1.36. The molecule has 0 bridgehead atoms. The van der Waals surface area contributed by atoms with Crippen molar-refractivity contribution >= 4 is 61.7 Å². The predicted octanol–water partition coefficient (Wildman–Crippen LogP) is 12.8. The Morgan fingerprint density at radius 3 is 1.82 bits per heavy atom. The van der Waals surface area contributed by atoms with Crippen LogP contribution in [0.2, 0.25) is 0 Å². The van der Waals surface area contributed by atoms with Gasteiger partial charge in [0.2, 0.25) is 11.0 Å². The van der Waals surface area contributed by atoms with Gasteiger partial charge in [-0.15, -0.1) is 23.5 Å². The van der Waals surface area contributed by atoms with E-state index in [1.807, 2.05) is 47.8 Å². The second-order valence-electron chi connectivity index (χ2n) is 15.9. The van der Waals surface area contributed by atoms with Gasteiger partial charge in [-0.3, -0.25) is 0 Å². The topological polar surface area (TPSA) is 76.6 Å². The fourth-order valence-electron chi connectivity index (χ4n) is 8.86. The van der Waals surface area contributed by atoms with Gasteiger partial charge in [-0.05, 0) is 113 Å². The number of anilines is 2. The molecule has 6 nitrogen and oxygen atoms in total. The molecule has 0 spiro atoms. The highest BCUT2D eigenvalue weighted by atomic mass is 32.2. The van der Waals surface area contributed by atoms with Gasteiger partial charge in [0.25, 0.3) is 0 Å². The highest BCUT2D eigenvalue weighted by molar-refractivity contribution is 7.99. The maximum absolute atomic E-state index is 12.9. The zero-order valence-corrected chi connectivity index (χ0v) is 38.4. The molecule has 1 aliphatic heterocycles. The highest BCUT2D eigenvalue weighted by Gasteiger charge is 2.25. The molecule has 0 aromatic heterocycles. The van der Waals surface area contributed by atoms with E-state index in [0.29, 0.717) is 33.4 Å². The van der Waals surface area contributed by atoms with Crippen LogP contribution in [0.4, 0.5) is 17.1 Å². The summed E-state index contributed by atoms with van der Waals surface area (Å²) >= 11 is 3.63. The van der Waals surface area contributed by atoms with Crippen molar-refractivity contribution in [3.63, 3.8) is 0 Å². The third kappa shape index (κ3) is 9.27. The van der Waals surface area contributed by atoms with Gasteiger partial charge in [0, 0.05) is 78.8 Å². The molecule has 6 aromatic carbocycles. The van der Waals surface area contributed by atoms with Crippen LogP contribution < -0.4 is 14.8 Å². The van der Waals surface area contributed by atoms with Crippen LogP contribution in [0, 0.1) is 41.5 Å². The third-order valence-corrected chi connectivity index (χ3v) is 14.1. The van der Waals surface area contributed by atoms with Gasteiger partial charge in [0.1, 0.15) is 21.5 Å². The summed E-state index contributed by atoms with van der Waals surface area (Å²) in [6.07, 6.45) is 0. The van der Waals surface area contributed by atoms with Crippen molar-refractivity contribution < 1.29 is 17.4 Å². The fourth-order valence-corrected chi connectivity index (χ4v) is 11.3. The molecule has 0 saturated heterocycles. The number of benzene rings is 7. The minimum Gasteiger partial charge on any atom is -0.744 e. The van der Waals surface area contributed by atoms with E-state index in [1.54, 1.807) is 18.2 Å². The molecule has 0 fully saturated rings. The van der Waals surface area contributed by atoms with Crippen LogP contribution >= 0.6 is 23.5 Å². The molecule has 0 radical (unpaired) electrons. The maximum Gasteiger partial charge on any atom is 0.211 e. The molecule has 0 N–H and O–H groups in total. The summed E-state index contributed by atoms with van der Waals surface area (Å²) in [5, 5.41) is 1.66. The second-order valence-corrected chi connectivity index (χ2v) is 19.6. The summed E-state index contributed by atoms with van der Waals surface area (Å²) in [5.74, 6) is 2.25. The number of nitrogens with zero attached hydrogens (tertiary/aromatic N) is 2. The van der Waals surface area contributed by atoms with Crippen LogP contribution in [0.3, 0.4) is 0 Å². The minimum absolute atomic E-state index is 0.266. The molecule has 0 amide bonds. The standard InChI is InChI=1S/C53H50N2O4S3/c1-35-29-37(3)52(38(4)30-35)54(25-27-60-43-15-9-7-10-16-43)41-21-23-45-48(33-41)59-49-34-42(22-24-46(49)51(45)47-19-13-14-20-50(47)62(56,57)58)55(26-28-61-44-17-11-8-12-18-44)53-39(5)31-36(2)32-40(53)6/h7-24,29-34H,25-28H2,1-6H3. The third-order valence-electron chi connectivity index (χ3n) is 11.2. The summed E-state index contributed by atoms with van der Waals surface area (Å²) in [6.45, 7) is 14.3. The number of hydrogen-bond acceptors (Lipinski definition) is 7. The van der Waals surface area contributed by atoms with Crippen molar-refractivity contribution in [1.29, 1.82) is 0 Å². The minimum atomic E-state index is -4.83. The Morgan fingerprint density at radius 1 is 0.613 bits per heavy atom. The van der Waals surface area contributed by atoms with E-state index in [0.717, 1.165) is 47.0 Å². The summed E-state index contributed by atoms with van der Waals surface area (Å²) in [5.41, 5.74) is 12.6. The summed E-state index contributed by atoms with van der Waals surface area (Å²) < 4.78 is 48.0. The molecular formula is C53H50N2O4S3. The Morgan fingerprint density at radius 2 is 1.19 bits per heavy atom. The van der Waals surface area contributed by atoms with Crippen LogP contribution in [0.25, 0.3) is 33.4 Å². The van der Waals surface area contributed by atoms with Crippen LogP contribution in [0.5, 0.6) is 0 Å². The maximum atomic E-state index is 12.9. The lowest BCUT2D eigenvalue weighted by Gasteiger charge is -2.29. The van der Waals surface area contributed by atoms with Crippen LogP contribution in [0.15, 0.2) is 165 Å². The molecule has 0 saturated carbocycles. The molecule has 8 rings (SSSR count). The van der Waals surface area contributed by atoms with Crippen molar-refractivity contribution in [1.82, 2.24) is 4.58 Å². The fraction of sp³-hybridized carbons (Fsp3) is 0.189. The Hall–Kier alpha value is -5.58. The number of rotatable bonds is 13. The lowest BCUT2D eigenvalue weighted by Crippen LogP contribution is -2.29. The quantitative estimate of drug-likeness (QED) is 0.0494. The van der Waals surface area contributed by atoms with Crippen LogP contribution in [-0.4, -0.2) is 37.6 Å². The Kier molecular flexibility index (Phi) is 12.8. The number of hydrogen-bond donors (Lipinski definition) is 0. The Bertz CT molecular complexity index is 3030. The van der Waals surface area contributed by atoms with Gasteiger partial charge in [0.05, 0.1) is 16.7 Å². The van der Waals surface area contributed by atoms with Crippen molar-refractivity contribution in [2.24, 2.45) is 0 Å². The van der Waals surface area contributed by atoms with E-state index in [1.165, 1.54) is 49.2 Å². The van der Waals surface area contributed by atoms with E-state index >= 15 is 0 Å². The average Bonchev–Trinajstić information content (AvgIpc) is 3.24. The average molecular weight is 875 g/mol. The zero-order valence-electron chi connectivity index (χ0n) is 35.9. The van der Waals surface area contributed by atoms with Crippen LogP contribution in [0.1, 0.15) is 33.4 Å². The predicted molar refractivity (Wildman–Crippen MR) is 259 cm³/mol. The van der Waals surface area contributed by atoms with Crippen LogP contribution in [-0.2, 0) is 10.1 Å². The highest BCUT2D eigenvalue weighted by Crippen LogP contribution is 2.44. The lowest BCUT2D eigenvalue weighted by molar-refractivity contribution is 0.463. The van der Waals surface area contributed by atoms with Gasteiger partial charge in [-0.2, -0.15) is 4.58 Å². The first-order valence-corrected chi connectivity index (χ1v) is 24.2. The van der Waals surface area contributed by atoms with Gasteiger partial charge in [-0.1, -0.05) is 77.9 Å². The van der Waals surface area contributed by atoms with Gasteiger partial charge in [0.15, 0.2) is 6.54 Å². The normalized spacial score (nSPS) is 12.2. The number of fused-ring (bicyclic) bond motifs is 2. The molecule has 314 valence electrons. The Labute approximate surface area is 374 Å². The summed E-state index contributed by atoms with van der Waals surface area (Å²) in [6, 6.07) is 48.6. The first kappa shape index (κ1) is 43.1. The molecule has 0 atom stereocenters. The van der Waals surface area contributed by atoms with E-state index in [2.05, 4.69) is 148 Å². The van der Waals surface area contributed by atoms with E-state index in [-0.39, 0.29) is 4.90 Å². The van der Waals surface area contributed by atoms with Gasteiger partial charge in [-0.25, -0.2) is 8.42 Å². The van der Waals surface area contributed by atoms with Gasteiger partial charge < -0.3 is 13.9 Å². The summed E-state index contributed by atoms with van der Waals surface area (Å²) in [4.78, 5) is 4.51. The molecule has 6 aromatic rings. The van der Waals surface area contributed by atoms with Crippen molar-refractivity contribution in [2.75, 3.05) is 29.5 Å². The molecule has 1 heterocycles. The van der Waals surface area contributed by atoms with E-state index < -0.39 is 10.1 Å². The molecule has 9 heteroatoms. The molecule has 1 aliphatic carbocycles. The van der Waals surface area contributed by atoms with Crippen molar-refractivity contribution in [3.8, 4) is 22.5 Å². The SMILES string of the molecule is Cc1cc(C)c(N(CCSc2ccccc2)c2ccc3c(-c4ccccc4S(=O)(=O)[O-])c4ccc(=[N+](CCSc5ccccc5)c5c(C)cc(C)cc5C)cc-4oc3c2)c(C)c1. The molecule has 62 heavy (non-hydrogen) atoms. The first-order chi connectivity index (χ1) is 29.9.